The van der Waals surface area contributed by atoms with Crippen LogP contribution in [0.15, 0.2) is 28.8 Å². The van der Waals surface area contributed by atoms with E-state index < -0.39 is 0 Å². The number of piperidine rings is 1. The number of fused-ring (bicyclic) bond motifs is 3. The van der Waals surface area contributed by atoms with Gasteiger partial charge in [0.2, 0.25) is 5.71 Å². The molecular formula is C15H17N3O2. The van der Waals surface area contributed by atoms with Crippen molar-refractivity contribution >= 4 is 17.0 Å². The number of nitrogens with one attached hydrogen (secondary N) is 1. The summed E-state index contributed by atoms with van der Waals surface area (Å²) in [6.45, 7) is 3.33. The minimum Gasteiger partial charge on any atom is -0.433 e. The van der Waals surface area contributed by atoms with Gasteiger partial charge < -0.3 is 14.6 Å². The van der Waals surface area contributed by atoms with Crippen LogP contribution in [0.3, 0.4) is 0 Å². The van der Waals surface area contributed by atoms with Crippen molar-refractivity contribution in [2.24, 2.45) is 5.92 Å². The second-order valence-corrected chi connectivity index (χ2v) is 5.83. The highest BCUT2D eigenvalue weighted by molar-refractivity contribution is 5.95. The first-order chi connectivity index (χ1) is 9.78. The van der Waals surface area contributed by atoms with Gasteiger partial charge in [-0.1, -0.05) is 0 Å². The summed E-state index contributed by atoms with van der Waals surface area (Å²) in [7, 11) is 0. The van der Waals surface area contributed by atoms with E-state index >= 15 is 0 Å². The molecule has 2 fully saturated rings. The van der Waals surface area contributed by atoms with E-state index in [0.717, 1.165) is 24.3 Å². The molecule has 3 atom stereocenters. The van der Waals surface area contributed by atoms with E-state index in [1.807, 2.05) is 12.1 Å². The summed E-state index contributed by atoms with van der Waals surface area (Å²) in [5.74, 6) is 0.966. The van der Waals surface area contributed by atoms with Gasteiger partial charge in [0, 0.05) is 30.7 Å². The van der Waals surface area contributed by atoms with Crippen molar-refractivity contribution in [3.63, 3.8) is 0 Å². The molecule has 4 rings (SSSR count). The van der Waals surface area contributed by atoms with Crippen molar-refractivity contribution in [3.05, 3.63) is 30.2 Å². The van der Waals surface area contributed by atoms with E-state index in [1.165, 1.54) is 19.5 Å². The Labute approximate surface area is 117 Å². The maximum atomic E-state index is 12.3. The third-order valence-electron chi connectivity index (χ3n) is 4.32. The van der Waals surface area contributed by atoms with Gasteiger partial charge in [0.25, 0.3) is 5.91 Å². The first kappa shape index (κ1) is 11.9. The number of carbonyl (C=O) groups excluding carboxylic acids is 1. The zero-order chi connectivity index (χ0) is 13.5. The van der Waals surface area contributed by atoms with Crippen molar-refractivity contribution < 1.29 is 9.21 Å². The van der Waals surface area contributed by atoms with Crippen molar-refractivity contribution in [1.82, 2.24) is 15.2 Å². The van der Waals surface area contributed by atoms with Gasteiger partial charge in [-0.05, 0) is 43.5 Å². The lowest BCUT2D eigenvalue weighted by Gasteiger charge is -2.30. The van der Waals surface area contributed by atoms with Crippen LogP contribution in [0.1, 0.15) is 23.4 Å². The molecule has 2 saturated heterocycles. The number of rotatable bonds is 2. The molecule has 0 radical (unpaired) electrons. The minimum atomic E-state index is -0.129. The van der Waals surface area contributed by atoms with Crippen LogP contribution in [-0.2, 0) is 0 Å². The molecule has 0 spiro atoms. The third kappa shape index (κ3) is 2.08. The van der Waals surface area contributed by atoms with E-state index in [-0.39, 0.29) is 11.9 Å². The second-order valence-electron chi connectivity index (χ2n) is 5.83. The molecule has 104 valence electrons. The Bertz CT molecular complexity index is 606. The lowest BCUT2D eigenvalue weighted by molar-refractivity contribution is 0.0883. The number of hydrogen-bond donors (Lipinski definition) is 1. The predicted octanol–water partition coefficient (Wildman–Crippen LogP) is 1.65. The third-order valence-corrected chi connectivity index (χ3v) is 4.32. The molecule has 0 aliphatic carbocycles. The fourth-order valence-electron chi connectivity index (χ4n) is 3.41. The summed E-state index contributed by atoms with van der Waals surface area (Å²) in [5.41, 5.74) is 0.519. The SMILES string of the molecule is O=C(NC1CC2CCN(C2)C1)c1cc2cccnc2o1. The number of pyridine rings is 1. The molecule has 2 aliphatic heterocycles. The van der Waals surface area contributed by atoms with Gasteiger partial charge in [-0.25, -0.2) is 4.98 Å². The Kier molecular flexibility index (Phi) is 2.73. The zero-order valence-electron chi connectivity index (χ0n) is 11.2. The van der Waals surface area contributed by atoms with E-state index in [0.29, 0.717) is 11.5 Å². The molecule has 0 aromatic carbocycles. The van der Waals surface area contributed by atoms with Crippen molar-refractivity contribution in [1.29, 1.82) is 0 Å². The van der Waals surface area contributed by atoms with Crippen LogP contribution in [-0.4, -0.2) is 41.5 Å². The summed E-state index contributed by atoms with van der Waals surface area (Å²) in [6, 6.07) is 5.74. The summed E-state index contributed by atoms with van der Waals surface area (Å²) in [6.07, 6.45) is 4.02. The Hall–Kier alpha value is -1.88. The number of hydrogen-bond acceptors (Lipinski definition) is 4. The number of amides is 1. The molecule has 4 heterocycles. The zero-order valence-corrected chi connectivity index (χ0v) is 11.2. The maximum absolute atomic E-state index is 12.3. The Morgan fingerprint density at radius 1 is 1.45 bits per heavy atom. The average molecular weight is 271 g/mol. The lowest BCUT2D eigenvalue weighted by Crippen LogP contribution is -2.46. The quantitative estimate of drug-likeness (QED) is 0.902. The highest BCUT2D eigenvalue weighted by atomic mass is 16.4. The monoisotopic (exact) mass is 271 g/mol. The first-order valence-corrected chi connectivity index (χ1v) is 7.16. The molecule has 5 heteroatoms. The van der Waals surface area contributed by atoms with Crippen LogP contribution in [0.2, 0.25) is 0 Å². The largest absolute Gasteiger partial charge is 0.433 e. The molecule has 1 N–H and O–H groups in total. The van der Waals surface area contributed by atoms with Crippen LogP contribution in [0, 0.1) is 5.92 Å². The smallest absolute Gasteiger partial charge is 0.287 e. The highest BCUT2D eigenvalue weighted by Gasteiger charge is 2.33. The number of nitrogens with zero attached hydrogens (tertiary/aromatic N) is 2. The van der Waals surface area contributed by atoms with Gasteiger partial charge in [-0.2, -0.15) is 0 Å². The topological polar surface area (TPSA) is 58.4 Å². The summed E-state index contributed by atoms with van der Waals surface area (Å²) >= 11 is 0. The highest BCUT2D eigenvalue weighted by Crippen LogP contribution is 2.27. The van der Waals surface area contributed by atoms with Crippen LogP contribution in [0.4, 0.5) is 0 Å². The molecule has 3 unspecified atom stereocenters. The van der Waals surface area contributed by atoms with Gasteiger partial charge >= 0.3 is 0 Å². The predicted molar refractivity (Wildman–Crippen MR) is 74.4 cm³/mol. The normalized spacial score (nSPS) is 28.7. The second kappa shape index (κ2) is 4.59. The first-order valence-electron chi connectivity index (χ1n) is 7.16. The summed E-state index contributed by atoms with van der Waals surface area (Å²) < 4.78 is 5.50. The lowest BCUT2D eigenvalue weighted by atomic mass is 9.97. The molecule has 2 bridgehead atoms. The Morgan fingerprint density at radius 3 is 3.25 bits per heavy atom. The van der Waals surface area contributed by atoms with Crippen molar-refractivity contribution in [2.75, 3.05) is 19.6 Å². The number of aromatic nitrogens is 1. The molecule has 2 aromatic heterocycles. The molecule has 0 saturated carbocycles. The van der Waals surface area contributed by atoms with Crippen LogP contribution in [0.25, 0.3) is 11.1 Å². The fourth-order valence-corrected chi connectivity index (χ4v) is 3.41. The molecule has 20 heavy (non-hydrogen) atoms. The maximum Gasteiger partial charge on any atom is 0.287 e. The standard InChI is InChI=1S/C15H17N3O2/c19-14(13-7-11-2-1-4-16-15(11)20-13)17-12-6-10-3-5-18(8-10)9-12/h1-2,4,7,10,12H,3,5-6,8-9H2,(H,17,19). The number of carbonyl (C=O) groups is 1. The van der Waals surface area contributed by atoms with Gasteiger partial charge in [0.05, 0.1) is 0 Å². The van der Waals surface area contributed by atoms with Crippen LogP contribution >= 0.6 is 0 Å². The molecule has 2 aromatic rings. The van der Waals surface area contributed by atoms with E-state index in [4.69, 9.17) is 4.42 Å². The molecule has 1 amide bonds. The van der Waals surface area contributed by atoms with E-state index in [2.05, 4.69) is 15.2 Å². The van der Waals surface area contributed by atoms with Crippen LogP contribution in [0.5, 0.6) is 0 Å². The van der Waals surface area contributed by atoms with Crippen molar-refractivity contribution in [3.8, 4) is 0 Å². The van der Waals surface area contributed by atoms with Gasteiger partial charge in [-0.15, -0.1) is 0 Å². The van der Waals surface area contributed by atoms with Crippen LogP contribution < -0.4 is 5.32 Å². The molecular weight excluding hydrogens is 254 g/mol. The van der Waals surface area contributed by atoms with Gasteiger partial charge in [-0.3, -0.25) is 4.79 Å². The molecule has 5 nitrogen and oxygen atoms in total. The van der Waals surface area contributed by atoms with Gasteiger partial charge in [0.1, 0.15) is 0 Å². The number of furan rings is 1. The fraction of sp³-hybridized carbons (Fsp3) is 0.467. The van der Waals surface area contributed by atoms with E-state index in [9.17, 15) is 4.79 Å². The minimum absolute atomic E-state index is 0.129. The Balaban J connectivity index is 1.49. The summed E-state index contributed by atoms with van der Waals surface area (Å²) in [5, 5.41) is 3.96. The summed E-state index contributed by atoms with van der Waals surface area (Å²) in [4.78, 5) is 18.8. The van der Waals surface area contributed by atoms with Crippen molar-refractivity contribution in [2.45, 2.75) is 18.9 Å². The van der Waals surface area contributed by atoms with Gasteiger partial charge in [0.15, 0.2) is 5.76 Å². The average Bonchev–Trinajstić information content (AvgIpc) is 3.02. The van der Waals surface area contributed by atoms with E-state index in [1.54, 1.807) is 12.3 Å². The molecule has 2 aliphatic rings. The Morgan fingerprint density at radius 2 is 2.40 bits per heavy atom.